The van der Waals surface area contributed by atoms with Crippen molar-refractivity contribution in [1.29, 1.82) is 0 Å². The summed E-state index contributed by atoms with van der Waals surface area (Å²) in [6, 6.07) is 0. The van der Waals surface area contributed by atoms with Gasteiger partial charge in [-0.15, -0.1) is 0 Å². The molecule has 4 heteroatoms. The fraction of sp³-hybridized carbons (Fsp3) is 1.00. The SMILES string of the molecule is CC(C)P(=O)(F)OC1CCCCCC1. The van der Waals surface area contributed by atoms with Crippen molar-refractivity contribution in [3.8, 4) is 0 Å². The van der Waals surface area contributed by atoms with E-state index >= 15 is 0 Å². The van der Waals surface area contributed by atoms with E-state index in [2.05, 4.69) is 0 Å². The highest BCUT2D eigenvalue weighted by Gasteiger charge is 2.31. The fourth-order valence-corrected chi connectivity index (χ4v) is 2.53. The third-order valence-electron chi connectivity index (χ3n) is 2.71. The maximum absolute atomic E-state index is 13.5. The molecule has 1 aliphatic carbocycles. The number of hydrogen-bond donors (Lipinski definition) is 0. The first kappa shape index (κ1) is 12.2. The number of hydrogen-bond acceptors (Lipinski definition) is 2. The maximum atomic E-state index is 13.5. The van der Waals surface area contributed by atoms with Crippen molar-refractivity contribution >= 4 is 7.68 Å². The first-order valence-electron chi connectivity index (χ1n) is 5.50. The molecule has 1 saturated carbocycles. The van der Waals surface area contributed by atoms with E-state index in [9.17, 15) is 8.76 Å². The van der Waals surface area contributed by atoms with Crippen LogP contribution in [-0.2, 0) is 9.09 Å². The van der Waals surface area contributed by atoms with Crippen LogP contribution in [0.3, 0.4) is 0 Å². The summed E-state index contributed by atoms with van der Waals surface area (Å²) < 4.78 is 30.0. The molecule has 0 saturated heterocycles. The topological polar surface area (TPSA) is 26.3 Å². The standard InChI is InChI=1S/C10H20FO2P/c1-9(2)14(11,12)13-10-7-5-3-4-6-8-10/h9-10H,3-8H2,1-2H3. The van der Waals surface area contributed by atoms with Crippen molar-refractivity contribution in [3.05, 3.63) is 0 Å². The Kier molecular flexibility index (Phi) is 4.59. The number of rotatable bonds is 3. The van der Waals surface area contributed by atoms with Crippen LogP contribution in [0.2, 0.25) is 0 Å². The fourth-order valence-electron chi connectivity index (χ4n) is 1.67. The molecule has 0 bridgehead atoms. The van der Waals surface area contributed by atoms with Gasteiger partial charge in [-0.1, -0.05) is 39.5 Å². The zero-order valence-corrected chi connectivity index (χ0v) is 9.93. The zero-order valence-electron chi connectivity index (χ0n) is 9.04. The second kappa shape index (κ2) is 5.27. The lowest BCUT2D eigenvalue weighted by molar-refractivity contribution is 0.169. The Labute approximate surface area is 85.8 Å². The minimum Gasteiger partial charge on any atom is -0.302 e. The second-order valence-corrected chi connectivity index (χ2v) is 6.62. The van der Waals surface area contributed by atoms with E-state index in [1.165, 1.54) is 12.8 Å². The first-order chi connectivity index (χ1) is 6.52. The van der Waals surface area contributed by atoms with Gasteiger partial charge in [0.1, 0.15) is 0 Å². The average molecular weight is 222 g/mol. The van der Waals surface area contributed by atoms with Crippen LogP contribution in [0.4, 0.5) is 4.20 Å². The second-order valence-electron chi connectivity index (χ2n) is 4.33. The minimum absolute atomic E-state index is 0.115. The smallest absolute Gasteiger partial charge is 0.302 e. The van der Waals surface area contributed by atoms with Gasteiger partial charge in [0.25, 0.3) is 0 Å². The van der Waals surface area contributed by atoms with Gasteiger partial charge in [0.15, 0.2) is 0 Å². The molecule has 1 rings (SSSR count). The normalized spacial score (nSPS) is 24.6. The minimum atomic E-state index is -3.85. The molecule has 0 aliphatic heterocycles. The molecule has 0 heterocycles. The lowest BCUT2D eigenvalue weighted by Gasteiger charge is -2.20. The first-order valence-corrected chi connectivity index (χ1v) is 7.08. The van der Waals surface area contributed by atoms with Crippen LogP contribution in [0.15, 0.2) is 0 Å². The predicted octanol–water partition coefficient (Wildman–Crippen LogP) is 4.30. The Morgan fingerprint density at radius 2 is 1.71 bits per heavy atom. The van der Waals surface area contributed by atoms with E-state index in [-0.39, 0.29) is 6.10 Å². The molecule has 0 radical (unpaired) electrons. The summed E-state index contributed by atoms with van der Waals surface area (Å²) in [5.41, 5.74) is -0.509. The molecule has 2 nitrogen and oxygen atoms in total. The summed E-state index contributed by atoms with van der Waals surface area (Å²) >= 11 is 0. The number of halogens is 1. The van der Waals surface area contributed by atoms with Crippen LogP contribution >= 0.6 is 7.68 Å². The van der Waals surface area contributed by atoms with Crippen LogP contribution in [0.1, 0.15) is 52.4 Å². The third-order valence-corrected chi connectivity index (χ3v) is 4.53. The molecule has 0 aromatic heterocycles. The molecule has 0 amide bonds. The Morgan fingerprint density at radius 1 is 1.21 bits per heavy atom. The van der Waals surface area contributed by atoms with E-state index in [0.717, 1.165) is 25.7 Å². The van der Waals surface area contributed by atoms with Crippen LogP contribution < -0.4 is 0 Å². The monoisotopic (exact) mass is 222 g/mol. The molecule has 0 aromatic rings. The highest BCUT2D eigenvalue weighted by Crippen LogP contribution is 2.55. The lowest BCUT2D eigenvalue weighted by atomic mass is 10.2. The lowest BCUT2D eigenvalue weighted by Crippen LogP contribution is -2.11. The van der Waals surface area contributed by atoms with Crippen LogP contribution in [0.5, 0.6) is 0 Å². The van der Waals surface area contributed by atoms with Gasteiger partial charge >= 0.3 is 7.68 Å². The Hall–Kier alpha value is 0.120. The van der Waals surface area contributed by atoms with E-state index in [1.54, 1.807) is 13.8 Å². The molecule has 0 spiro atoms. The van der Waals surface area contributed by atoms with Gasteiger partial charge in [-0.2, -0.15) is 4.20 Å². The third kappa shape index (κ3) is 3.70. The van der Waals surface area contributed by atoms with Crippen LogP contribution in [0, 0.1) is 0 Å². The van der Waals surface area contributed by atoms with Crippen molar-refractivity contribution in [2.24, 2.45) is 0 Å². The van der Waals surface area contributed by atoms with Gasteiger partial charge < -0.3 is 4.52 Å². The molecule has 1 aliphatic rings. The van der Waals surface area contributed by atoms with Crippen molar-refractivity contribution in [2.45, 2.75) is 64.1 Å². The molecule has 1 unspecified atom stereocenters. The summed E-state index contributed by atoms with van der Waals surface area (Å²) in [7, 11) is -3.85. The van der Waals surface area contributed by atoms with E-state index in [1.807, 2.05) is 0 Å². The van der Waals surface area contributed by atoms with Crippen molar-refractivity contribution < 1.29 is 13.3 Å². The highest BCUT2D eigenvalue weighted by atomic mass is 31.2. The van der Waals surface area contributed by atoms with Crippen LogP contribution in [0.25, 0.3) is 0 Å². The van der Waals surface area contributed by atoms with E-state index in [4.69, 9.17) is 4.52 Å². The van der Waals surface area contributed by atoms with Gasteiger partial charge in [-0.25, -0.2) is 0 Å². The average Bonchev–Trinajstić information content (AvgIpc) is 2.32. The van der Waals surface area contributed by atoms with Gasteiger partial charge in [0.2, 0.25) is 0 Å². The molecule has 14 heavy (non-hydrogen) atoms. The summed E-state index contributed by atoms with van der Waals surface area (Å²) in [5, 5.41) is 0. The maximum Gasteiger partial charge on any atom is 0.370 e. The Bertz CT molecular complexity index is 210. The highest BCUT2D eigenvalue weighted by molar-refractivity contribution is 7.54. The predicted molar refractivity (Wildman–Crippen MR) is 56.4 cm³/mol. The van der Waals surface area contributed by atoms with E-state index < -0.39 is 13.3 Å². The zero-order chi connectivity index (χ0) is 10.6. The summed E-state index contributed by atoms with van der Waals surface area (Å²) in [6.45, 7) is 3.22. The molecule has 1 fully saturated rings. The van der Waals surface area contributed by atoms with E-state index in [0.29, 0.717) is 0 Å². The summed E-state index contributed by atoms with van der Waals surface area (Å²) in [6.07, 6.45) is 6.14. The van der Waals surface area contributed by atoms with Crippen LogP contribution in [-0.4, -0.2) is 11.8 Å². The quantitative estimate of drug-likeness (QED) is 0.525. The van der Waals surface area contributed by atoms with Gasteiger partial charge in [0, 0.05) is 0 Å². The van der Waals surface area contributed by atoms with Gasteiger partial charge in [-0.05, 0) is 12.8 Å². The molecule has 1 atom stereocenters. The van der Waals surface area contributed by atoms with Crippen molar-refractivity contribution in [1.82, 2.24) is 0 Å². The molecular weight excluding hydrogens is 202 g/mol. The summed E-state index contributed by atoms with van der Waals surface area (Å²) in [5.74, 6) is 0. The summed E-state index contributed by atoms with van der Waals surface area (Å²) in [4.78, 5) is 0. The largest absolute Gasteiger partial charge is 0.370 e. The molecular formula is C10H20FO2P. The van der Waals surface area contributed by atoms with Gasteiger partial charge in [0.05, 0.1) is 11.8 Å². The molecule has 0 aromatic carbocycles. The Balaban J connectivity index is 2.45. The van der Waals surface area contributed by atoms with Crippen molar-refractivity contribution in [2.75, 3.05) is 0 Å². The molecule has 84 valence electrons. The molecule has 0 N–H and O–H groups in total. The Morgan fingerprint density at radius 3 is 2.14 bits per heavy atom. The van der Waals surface area contributed by atoms with Gasteiger partial charge in [-0.3, -0.25) is 4.57 Å². The van der Waals surface area contributed by atoms with Crippen molar-refractivity contribution in [3.63, 3.8) is 0 Å².